The first kappa shape index (κ1) is 30.6. The van der Waals surface area contributed by atoms with Crippen molar-refractivity contribution < 1.29 is 33.2 Å². The monoisotopic (exact) mass is 614 g/mol. The molecular formula is C29H34N4O7S2. The molecule has 2 saturated heterocycles. The van der Waals surface area contributed by atoms with E-state index < -0.39 is 45.9 Å². The van der Waals surface area contributed by atoms with Gasteiger partial charge in [0, 0.05) is 41.6 Å². The molecule has 0 amide bonds. The van der Waals surface area contributed by atoms with Gasteiger partial charge >= 0.3 is 0 Å². The smallest absolute Gasteiger partial charge is 0.251 e. The van der Waals surface area contributed by atoms with Crippen molar-refractivity contribution in [3.05, 3.63) is 58.3 Å². The fraction of sp³-hybridized carbons (Fsp3) is 0.414. The van der Waals surface area contributed by atoms with Gasteiger partial charge in [-0.25, -0.2) is 13.1 Å². The van der Waals surface area contributed by atoms with Crippen LogP contribution in [0.4, 0.5) is 5.69 Å². The molecular weight excluding hydrogens is 580 g/mol. The Bertz CT molecular complexity index is 1560. The van der Waals surface area contributed by atoms with Crippen LogP contribution >= 0.6 is 11.3 Å². The summed E-state index contributed by atoms with van der Waals surface area (Å²) in [6.45, 7) is 4.53. The number of hydrogen-bond donors (Lipinski definition) is 5. The average molecular weight is 615 g/mol. The van der Waals surface area contributed by atoms with E-state index in [1.54, 1.807) is 12.1 Å². The fourth-order valence-electron chi connectivity index (χ4n) is 4.99. The topological polar surface area (TPSA) is 164 Å². The van der Waals surface area contributed by atoms with Gasteiger partial charge in [-0.3, -0.25) is 4.90 Å². The van der Waals surface area contributed by atoms with Crippen LogP contribution in [0.3, 0.4) is 0 Å². The number of ether oxygens (including phenoxy) is 2. The van der Waals surface area contributed by atoms with Crippen molar-refractivity contribution in [1.82, 2.24) is 9.62 Å². The first-order valence-electron chi connectivity index (χ1n) is 13.7. The maximum atomic E-state index is 12.9. The number of thiophene rings is 1. The highest BCUT2D eigenvalue weighted by atomic mass is 32.2. The van der Waals surface area contributed by atoms with Gasteiger partial charge in [0.1, 0.15) is 24.4 Å². The predicted molar refractivity (Wildman–Crippen MR) is 161 cm³/mol. The highest BCUT2D eigenvalue weighted by Crippen LogP contribution is 2.32. The molecule has 42 heavy (non-hydrogen) atoms. The summed E-state index contributed by atoms with van der Waals surface area (Å²) in [7, 11) is -4.32. The van der Waals surface area contributed by atoms with Gasteiger partial charge in [-0.2, -0.15) is 5.26 Å². The molecule has 5 N–H and O–H groups in total. The number of allylic oxidation sites excluding steroid dienone is 1. The molecule has 0 saturated carbocycles. The molecule has 2 aromatic carbocycles. The number of benzene rings is 2. The van der Waals surface area contributed by atoms with E-state index in [0.717, 1.165) is 66.3 Å². The van der Waals surface area contributed by atoms with Crippen LogP contribution in [0, 0.1) is 11.3 Å². The van der Waals surface area contributed by atoms with Crippen molar-refractivity contribution in [3.8, 4) is 16.5 Å². The number of rotatable bonds is 10. The minimum atomic E-state index is -4.32. The van der Waals surface area contributed by atoms with E-state index in [-0.39, 0.29) is 6.61 Å². The second kappa shape index (κ2) is 13.6. The van der Waals surface area contributed by atoms with Crippen LogP contribution in [0.15, 0.2) is 53.4 Å². The van der Waals surface area contributed by atoms with Gasteiger partial charge in [0.15, 0.2) is 4.91 Å². The van der Waals surface area contributed by atoms with Crippen LogP contribution in [0.25, 0.3) is 27.3 Å². The number of hydrogen-bond acceptors (Lipinski definition) is 11. The van der Waals surface area contributed by atoms with Crippen LogP contribution in [0.5, 0.6) is 0 Å². The molecule has 4 unspecified atom stereocenters. The number of aliphatic hydroxyl groups is 3. The molecule has 2 aliphatic rings. The Morgan fingerprint density at radius 1 is 1.10 bits per heavy atom. The molecule has 5 rings (SSSR count). The summed E-state index contributed by atoms with van der Waals surface area (Å²) >= 11 is 1.34. The molecule has 2 fully saturated rings. The third-order valence-corrected chi connectivity index (χ3v) is 9.89. The number of nitrogens with zero attached hydrogens (tertiary/aromatic N) is 2. The molecule has 1 aromatic heterocycles. The number of sulfonamides is 1. The second-order valence-electron chi connectivity index (χ2n) is 10.2. The maximum Gasteiger partial charge on any atom is 0.251 e. The van der Waals surface area contributed by atoms with E-state index >= 15 is 0 Å². The van der Waals surface area contributed by atoms with E-state index in [4.69, 9.17) is 9.47 Å². The SMILES string of the molecule is N#CC(=Cc1ccc(-c2ccc3cc(NCCN4CCOCC4)ccc3c2)s1)S(=O)(=O)NC1COC(CO)C(O)C1O. The van der Waals surface area contributed by atoms with Gasteiger partial charge in [0.05, 0.1) is 32.5 Å². The fourth-order valence-corrected chi connectivity index (χ4v) is 7.14. The van der Waals surface area contributed by atoms with Gasteiger partial charge in [0.25, 0.3) is 10.0 Å². The average Bonchev–Trinajstić information content (AvgIpc) is 3.47. The molecule has 4 atom stereocenters. The van der Waals surface area contributed by atoms with Crippen molar-refractivity contribution in [3.63, 3.8) is 0 Å². The Labute approximate surface area is 248 Å². The van der Waals surface area contributed by atoms with Crippen LogP contribution < -0.4 is 10.0 Å². The van der Waals surface area contributed by atoms with Crippen molar-refractivity contribution in [1.29, 1.82) is 5.26 Å². The molecule has 13 heteroatoms. The van der Waals surface area contributed by atoms with Crippen LogP contribution in [-0.2, 0) is 19.5 Å². The number of anilines is 1. The quantitative estimate of drug-likeness (QED) is 0.212. The molecule has 3 heterocycles. The minimum Gasteiger partial charge on any atom is -0.394 e. The lowest BCUT2D eigenvalue weighted by Crippen LogP contribution is -2.59. The molecule has 0 bridgehead atoms. The summed E-state index contributed by atoms with van der Waals surface area (Å²) in [5.74, 6) is 0. The lowest BCUT2D eigenvalue weighted by molar-refractivity contribution is -0.158. The molecule has 3 aromatic rings. The predicted octanol–water partition coefficient (Wildman–Crippen LogP) is 1.58. The number of morpholine rings is 1. The Morgan fingerprint density at radius 2 is 1.86 bits per heavy atom. The van der Waals surface area contributed by atoms with Crippen LogP contribution in [0.1, 0.15) is 4.88 Å². The first-order valence-corrected chi connectivity index (χ1v) is 16.0. The van der Waals surface area contributed by atoms with Crippen LogP contribution in [-0.4, -0.2) is 106 Å². The first-order chi connectivity index (χ1) is 20.3. The maximum absolute atomic E-state index is 12.9. The highest BCUT2D eigenvalue weighted by Gasteiger charge is 2.40. The number of aliphatic hydroxyl groups excluding tert-OH is 3. The molecule has 0 aliphatic carbocycles. The number of fused-ring (bicyclic) bond motifs is 1. The zero-order valence-corrected chi connectivity index (χ0v) is 24.5. The van der Waals surface area contributed by atoms with Gasteiger partial charge in [0.2, 0.25) is 0 Å². The van der Waals surface area contributed by atoms with Gasteiger partial charge in [-0.05, 0) is 52.7 Å². The van der Waals surface area contributed by atoms with Gasteiger partial charge in [-0.1, -0.05) is 18.2 Å². The van der Waals surface area contributed by atoms with Crippen molar-refractivity contribution in [2.75, 3.05) is 57.9 Å². The number of nitriles is 1. The third kappa shape index (κ3) is 7.17. The Balaban J connectivity index is 1.25. The highest BCUT2D eigenvalue weighted by molar-refractivity contribution is 7.93. The standard InChI is InChI=1S/C29H34N4O7S2/c30-16-24(42(37,38)32-25-18-40-26(17-34)29(36)28(25)35)15-23-5-6-27(41-23)21-2-1-20-14-22(4-3-19(20)13-21)31-7-8-33-9-11-39-12-10-33/h1-6,13-15,25-26,28-29,31-32,34-36H,7-12,17-18H2. The third-order valence-electron chi connectivity index (χ3n) is 7.40. The van der Waals surface area contributed by atoms with Crippen LogP contribution in [0.2, 0.25) is 0 Å². The van der Waals surface area contributed by atoms with Crippen molar-refractivity contribution >= 4 is 43.9 Å². The van der Waals surface area contributed by atoms with Crippen molar-refractivity contribution in [2.45, 2.75) is 24.4 Å². The zero-order chi connectivity index (χ0) is 29.7. The second-order valence-corrected chi connectivity index (χ2v) is 13.0. The molecule has 0 radical (unpaired) electrons. The van der Waals surface area contributed by atoms with E-state index in [1.165, 1.54) is 17.4 Å². The van der Waals surface area contributed by atoms with E-state index in [9.17, 15) is 29.0 Å². The summed E-state index contributed by atoms with van der Waals surface area (Å²) in [5, 5.41) is 44.8. The van der Waals surface area contributed by atoms with Crippen molar-refractivity contribution in [2.24, 2.45) is 0 Å². The summed E-state index contributed by atoms with van der Waals surface area (Å²) in [6, 6.07) is 16.5. The van der Waals surface area contributed by atoms with E-state index in [1.807, 2.05) is 12.1 Å². The molecule has 224 valence electrons. The Kier molecular flexibility index (Phi) is 9.89. The largest absolute Gasteiger partial charge is 0.394 e. The lowest BCUT2D eigenvalue weighted by Gasteiger charge is -2.36. The van der Waals surface area contributed by atoms with E-state index in [2.05, 4.69) is 45.3 Å². The normalized spacial score (nSPS) is 24.0. The lowest BCUT2D eigenvalue weighted by atomic mass is 9.99. The number of nitrogens with one attached hydrogen (secondary N) is 2. The van der Waals surface area contributed by atoms with E-state index in [0.29, 0.717) is 4.88 Å². The summed E-state index contributed by atoms with van der Waals surface area (Å²) in [6.07, 6.45) is -2.73. The zero-order valence-electron chi connectivity index (χ0n) is 22.8. The molecule has 0 spiro atoms. The summed E-state index contributed by atoms with van der Waals surface area (Å²) in [4.78, 5) is 3.32. The molecule has 11 nitrogen and oxygen atoms in total. The summed E-state index contributed by atoms with van der Waals surface area (Å²) in [5.41, 5.74) is 2.02. The Hall–Kier alpha value is -2.90. The summed E-state index contributed by atoms with van der Waals surface area (Å²) < 4.78 is 38.7. The van der Waals surface area contributed by atoms with Gasteiger partial charge in [-0.15, -0.1) is 11.3 Å². The Morgan fingerprint density at radius 3 is 2.62 bits per heavy atom. The molecule has 2 aliphatic heterocycles. The van der Waals surface area contributed by atoms with Gasteiger partial charge < -0.3 is 30.1 Å². The minimum absolute atomic E-state index is 0.265.